The minimum Gasteiger partial charge on any atom is -0.480 e. The molecule has 6 nitrogen and oxygen atoms in total. The van der Waals surface area contributed by atoms with Crippen LogP contribution < -0.4 is 15.0 Å². The first-order chi connectivity index (χ1) is 11.0. The Morgan fingerprint density at radius 2 is 1.83 bits per heavy atom. The number of nitrogens with zero attached hydrogens (tertiary/aromatic N) is 2. The van der Waals surface area contributed by atoms with Crippen LogP contribution in [0.25, 0.3) is 0 Å². The summed E-state index contributed by atoms with van der Waals surface area (Å²) in [6, 6.07) is 12.0. The highest BCUT2D eigenvalue weighted by molar-refractivity contribution is 6.44. The number of benzene rings is 1. The zero-order chi connectivity index (χ0) is 16.8. The van der Waals surface area contributed by atoms with Gasteiger partial charge in [-0.1, -0.05) is 18.2 Å². The summed E-state index contributed by atoms with van der Waals surface area (Å²) in [5.74, 6) is -1.09. The molecule has 6 heteroatoms. The maximum atomic E-state index is 12.6. The van der Waals surface area contributed by atoms with Crippen LogP contribution in [-0.4, -0.2) is 29.9 Å². The van der Waals surface area contributed by atoms with Gasteiger partial charge in [0, 0.05) is 17.9 Å². The van der Waals surface area contributed by atoms with E-state index in [2.05, 4.69) is 10.3 Å². The van der Waals surface area contributed by atoms with Gasteiger partial charge in [-0.05, 0) is 38.1 Å². The van der Waals surface area contributed by atoms with Gasteiger partial charge in [0.15, 0.2) is 0 Å². The molecule has 0 spiro atoms. The van der Waals surface area contributed by atoms with E-state index < -0.39 is 11.8 Å². The van der Waals surface area contributed by atoms with Crippen LogP contribution in [0.4, 0.5) is 11.4 Å². The molecule has 0 fully saturated rings. The molecule has 0 atom stereocenters. The monoisotopic (exact) mass is 313 g/mol. The highest BCUT2D eigenvalue weighted by Crippen LogP contribution is 2.27. The van der Waals surface area contributed by atoms with Crippen molar-refractivity contribution in [3.63, 3.8) is 0 Å². The number of carbonyl (C=O) groups excluding carboxylic acids is 2. The van der Waals surface area contributed by atoms with Crippen LogP contribution >= 0.6 is 0 Å². The van der Waals surface area contributed by atoms with Crippen molar-refractivity contribution in [2.75, 3.05) is 17.3 Å². The van der Waals surface area contributed by atoms with Gasteiger partial charge < -0.3 is 10.1 Å². The second-order valence-corrected chi connectivity index (χ2v) is 5.12. The number of ether oxygens (including phenoxy) is 1. The fourth-order valence-corrected chi connectivity index (χ4v) is 2.16. The van der Waals surface area contributed by atoms with Crippen molar-refractivity contribution in [2.24, 2.45) is 0 Å². The Morgan fingerprint density at radius 3 is 2.43 bits per heavy atom. The van der Waals surface area contributed by atoms with Gasteiger partial charge in [-0.25, -0.2) is 4.98 Å². The molecule has 0 aliphatic carbocycles. The van der Waals surface area contributed by atoms with Crippen LogP contribution in [0, 0.1) is 0 Å². The summed E-state index contributed by atoms with van der Waals surface area (Å²) in [4.78, 5) is 30.3. The van der Waals surface area contributed by atoms with Gasteiger partial charge >= 0.3 is 11.8 Å². The normalized spacial score (nSPS) is 10.3. The predicted molar refractivity (Wildman–Crippen MR) is 88.5 cm³/mol. The topological polar surface area (TPSA) is 71.5 Å². The molecule has 0 aliphatic heterocycles. The highest BCUT2D eigenvalue weighted by atomic mass is 16.5. The van der Waals surface area contributed by atoms with Crippen LogP contribution in [0.5, 0.6) is 5.88 Å². The molecular formula is C17H19N3O3. The Morgan fingerprint density at radius 1 is 1.13 bits per heavy atom. The smallest absolute Gasteiger partial charge is 0.317 e. The molecule has 0 radical (unpaired) electrons. The van der Waals surface area contributed by atoms with E-state index in [4.69, 9.17) is 4.74 Å². The molecule has 2 rings (SSSR count). The number of hydrogen-bond acceptors (Lipinski definition) is 4. The SMILES string of the molecule is COc1ncccc1N(C(=O)C(=O)Nc1ccccc1)C(C)C. The van der Waals surface area contributed by atoms with Crippen molar-refractivity contribution in [1.29, 1.82) is 0 Å². The Hall–Kier alpha value is -2.89. The number of hydrogen-bond donors (Lipinski definition) is 1. The number of carbonyl (C=O) groups is 2. The van der Waals surface area contributed by atoms with Gasteiger partial charge in [0.1, 0.15) is 5.69 Å². The van der Waals surface area contributed by atoms with Gasteiger partial charge in [0.2, 0.25) is 5.88 Å². The minimum absolute atomic E-state index is 0.234. The number of methoxy groups -OCH3 is 1. The van der Waals surface area contributed by atoms with Crippen LogP contribution in [-0.2, 0) is 9.59 Å². The van der Waals surface area contributed by atoms with Gasteiger partial charge in [0.25, 0.3) is 0 Å². The summed E-state index contributed by atoms with van der Waals surface area (Å²) in [7, 11) is 1.47. The van der Waals surface area contributed by atoms with Gasteiger partial charge in [-0.2, -0.15) is 0 Å². The van der Waals surface area contributed by atoms with Crippen molar-refractivity contribution in [3.8, 4) is 5.88 Å². The average molecular weight is 313 g/mol. The van der Waals surface area contributed by atoms with Crippen LogP contribution in [0.3, 0.4) is 0 Å². The van der Waals surface area contributed by atoms with Crippen LogP contribution in [0.15, 0.2) is 48.7 Å². The van der Waals surface area contributed by atoms with Crippen molar-refractivity contribution >= 4 is 23.2 Å². The van der Waals surface area contributed by atoms with E-state index in [1.807, 2.05) is 19.9 Å². The third-order valence-corrected chi connectivity index (χ3v) is 3.17. The van der Waals surface area contributed by atoms with Crippen LogP contribution in [0.1, 0.15) is 13.8 Å². The summed E-state index contributed by atoms with van der Waals surface area (Å²) in [6.07, 6.45) is 1.56. The predicted octanol–water partition coefficient (Wildman–Crippen LogP) is 2.47. The summed E-state index contributed by atoms with van der Waals surface area (Å²) < 4.78 is 5.19. The summed E-state index contributed by atoms with van der Waals surface area (Å²) in [5.41, 5.74) is 1.02. The highest BCUT2D eigenvalue weighted by Gasteiger charge is 2.28. The second-order valence-electron chi connectivity index (χ2n) is 5.12. The summed E-state index contributed by atoms with van der Waals surface area (Å²) in [5, 5.41) is 2.59. The Balaban J connectivity index is 2.27. The number of aromatic nitrogens is 1. The zero-order valence-corrected chi connectivity index (χ0v) is 13.3. The maximum absolute atomic E-state index is 12.6. The molecule has 0 unspecified atom stereocenters. The van der Waals surface area contributed by atoms with E-state index in [0.717, 1.165) is 0 Å². The zero-order valence-electron chi connectivity index (χ0n) is 13.3. The maximum Gasteiger partial charge on any atom is 0.317 e. The Bertz CT molecular complexity index is 686. The van der Waals surface area contributed by atoms with E-state index in [1.54, 1.807) is 42.6 Å². The molecule has 0 aliphatic rings. The molecule has 23 heavy (non-hydrogen) atoms. The molecule has 2 aromatic rings. The lowest BCUT2D eigenvalue weighted by Gasteiger charge is -2.26. The fraction of sp³-hybridized carbons (Fsp3) is 0.235. The number of nitrogens with one attached hydrogen (secondary N) is 1. The van der Waals surface area contributed by atoms with Crippen LogP contribution in [0.2, 0.25) is 0 Å². The van der Waals surface area contributed by atoms with Crippen molar-refractivity contribution in [1.82, 2.24) is 4.98 Å². The third-order valence-electron chi connectivity index (χ3n) is 3.17. The van der Waals surface area contributed by atoms with E-state index in [1.165, 1.54) is 12.0 Å². The molecule has 1 aromatic carbocycles. The number of anilines is 2. The van der Waals surface area contributed by atoms with Gasteiger partial charge in [-0.3, -0.25) is 14.5 Å². The molecule has 1 aromatic heterocycles. The van der Waals surface area contributed by atoms with Gasteiger partial charge in [-0.15, -0.1) is 0 Å². The summed E-state index contributed by atoms with van der Waals surface area (Å²) >= 11 is 0. The Kier molecular flexibility index (Phi) is 5.30. The van der Waals surface area contributed by atoms with E-state index >= 15 is 0 Å². The lowest BCUT2D eigenvalue weighted by molar-refractivity contribution is -0.134. The third kappa shape index (κ3) is 3.85. The number of pyridine rings is 1. The number of para-hydroxylation sites is 1. The van der Waals surface area contributed by atoms with Gasteiger partial charge in [0.05, 0.1) is 7.11 Å². The first kappa shape index (κ1) is 16.5. The molecule has 120 valence electrons. The number of rotatable bonds is 4. The van der Waals surface area contributed by atoms with Crippen molar-refractivity contribution < 1.29 is 14.3 Å². The van der Waals surface area contributed by atoms with E-state index in [-0.39, 0.29) is 6.04 Å². The fourth-order valence-electron chi connectivity index (χ4n) is 2.16. The van der Waals surface area contributed by atoms with Crippen molar-refractivity contribution in [3.05, 3.63) is 48.7 Å². The quantitative estimate of drug-likeness (QED) is 0.880. The first-order valence-electron chi connectivity index (χ1n) is 7.23. The molecule has 2 amide bonds. The molecule has 0 bridgehead atoms. The average Bonchev–Trinajstić information content (AvgIpc) is 2.56. The molecule has 1 N–H and O–H groups in total. The standard InChI is InChI=1S/C17H19N3O3/c1-12(2)20(14-10-7-11-18-16(14)23-3)17(22)15(21)19-13-8-5-4-6-9-13/h4-12H,1-3H3,(H,19,21). The van der Waals surface area contributed by atoms with E-state index in [9.17, 15) is 9.59 Å². The Labute approximate surface area is 135 Å². The minimum atomic E-state index is -0.712. The van der Waals surface area contributed by atoms with Crippen molar-refractivity contribution in [2.45, 2.75) is 19.9 Å². The largest absolute Gasteiger partial charge is 0.480 e. The van der Waals surface area contributed by atoms with E-state index in [0.29, 0.717) is 17.3 Å². The second kappa shape index (κ2) is 7.40. The lowest BCUT2D eigenvalue weighted by atomic mass is 10.2. The summed E-state index contributed by atoms with van der Waals surface area (Å²) in [6.45, 7) is 3.64. The molecule has 0 saturated carbocycles. The molecule has 1 heterocycles. The molecular weight excluding hydrogens is 294 g/mol. The number of amides is 2. The first-order valence-corrected chi connectivity index (χ1v) is 7.23. The molecule has 0 saturated heterocycles. The lowest BCUT2D eigenvalue weighted by Crippen LogP contribution is -2.44.